The first-order valence-electron chi connectivity index (χ1n) is 9.64. The Morgan fingerprint density at radius 2 is 1.87 bits per heavy atom. The molecule has 0 radical (unpaired) electrons. The van der Waals surface area contributed by atoms with Crippen LogP contribution in [0, 0.1) is 5.92 Å². The highest BCUT2D eigenvalue weighted by Gasteiger charge is 2.43. The average Bonchev–Trinajstić information content (AvgIpc) is 3.17. The first kappa shape index (κ1) is 22.3. The van der Waals surface area contributed by atoms with Crippen molar-refractivity contribution in [3.8, 4) is 10.6 Å². The van der Waals surface area contributed by atoms with Gasteiger partial charge >= 0.3 is 12.1 Å². The summed E-state index contributed by atoms with van der Waals surface area (Å²) in [6.07, 6.45) is -1.71. The van der Waals surface area contributed by atoms with Crippen LogP contribution in [0.4, 0.5) is 13.2 Å². The van der Waals surface area contributed by atoms with Gasteiger partial charge in [0.1, 0.15) is 10.5 Å². The molecule has 0 aliphatic heterocycles. The minimum Gasteiger partial charge on any atom is -0.467 e. The number of hydrogen-bond acceptors (Lipinski definition) is 5. The van der Waals surface area contributed by atoms with E-state index in [0.29, 0.717) is 35.0 Å². The Kier molecular flexibility index (Phi) is 6.50. The maximum Gasteiger partial charge on any atom is 0.416 e. The van der Waals surface area contributed by atoms with Crippen LogP contribution in [0.15, 0.2) is 29.6 Å². The number of alkyl halides is 3. The van der Waals surface area contributed by atoms with Gasteiger partial charge in [0.15, 0.2) is 0 Å². The van der Waals surface area contributed by atoms with E-state index < -0.39 is 23.2 Å². The van der Waals surface area contributed by atoms with Gasteiger partial charge in [-0.3, -0.25) is 4.79 Å². The van der Waals surface area contributed by atoms with E-state index in [1.807, 2.05) is 0 Å². The number of hydrogen-bond donors (Lipinski definition) is 1. The zero-order valence-corrected chi connectivity index (χ0v) is 17.5. The first-order valence-corrected chi connectivity index (χ1v) is 10.5. The molecule has 0 spiro atoms. The Bertz CT molecular complexity index is 901. The van der Waals surface area contributed by atoms with Gasteiger partial charge in [-0.15, -0.1) is 11.3 Å². The highest BCUT2D eigenvalue weighted by molar-refractivity contribution is 7.13. The fourth-order valence-corrected chi connectivity index (χ4v) is 4.45. The molecule has 1 N–H and O–H groups in total. The lowest BCUT2D eigenvalue weighted by molar-refractivity contribution is -0.153. The molecule has 1 aromatic carbocycles. The Balaban J connectivity index is 1.67. The van der Waals surface area contributed by atoms with Gasteiger partial charge in [-0.25, -0.2) is 9.78 Å². The third kappa shape index (κ3) is 5.00. The van der Waals surface area contributed by atoms with Gasteiger partial charge in [0, 0.05) is 10.9 Å². The number of benzene rings is 1. The second-order valence-electron chi connectivity index (χ2n) is 7.70. The van der Waals surface area contributed by atoms with Crippen molar-refractivity contribution in [2.24, 2.45) is 5.92 Å². The molecule has 1 aliphatic rings. The molecule has 0 atom stereocenters. The molecule has 30 heavy (non-hydrogen) atoms. The van der Waals surface area contributed by atoms with E-state index in [4.69, 9.17) is 4.74 Å². The first-order chi connectivity index (χ1) is 14.1. The van der Waals surface area contributed by atoms with Crippen molar-refractivity contribution >= 4 is 23.2 Å². The number of nitrogens with zero attached hydrogens (tertiary/aromatic N) is 1. The van der Waals surface area contributed by atoms with Gasteiger partial charge in [-0.2, -0.15) is 13.2 Å². The smallest absolute Gasteiger partial charge is 0.416 e. The number of rotatable bonds is 5. The van der Waals surface area contributed by atoms with E-state index in [1.165, 1.54) is 30.6 Å². The van der Waals surface area contributed by atoms with Crippen LogP contribution in [0.3, 0.4) is 0 Å². The number of halogens is 3. The van der Waals surface area contributed by atoms with Crippen LogP contribution < -0.4 is 5.32 Å². The van der Waals surface area contributed by atoms with Crippen molar-refractivity contribution in [3.05, 3.63) is 40.9 Å². The Morgan fingerprint density at radius 3 is 2.43 bits per heavy atom. The maximum atomic E-state index is 12.7. The van der Waals surface area contributed by atoms with Gasteiger partial charge in [0.2, 0.25) is 5.91 Å². The number of aromatic nitrogens is 1. The molecule has 162 valence electrons. The number of carbonyl (C=O) groups is 2. The summed E-state index contributed by atoms with van der Waals surface area (Å²) >= 11 is 1.25. The zero-order chi connectivity index (χ0) is 21.9. The van der Waals surface area contributed by atoms with Crippen LogP contribution in [0.5, 0.6) is 0 Å². The average molecular weight is 440 g/mol. The van der Waals surface area contributed by atoms with Crippen LogP contribution in [-0.2, 0) is 26.9 Å². The molecule has 1 amide bonds. The fraction of sp³-hybridized carbons (Fsp3) is 0.476. The Morgan fingerprint density at radius 1 is 1.23 bits per heavy atom. The van der Waals surface area contributed by atoms with E-state index in [9.17, 15) is 22.8 Å². The molecule has 1 aliphatic carbocycles. The lowest BCUT2D eigenvalue weighted by Gasteiger charge is -2.37. The van der Waals surface area contributed by atoms with Gasteiger partial charge in [0.25, 0.3) is 0 Å². The number of amides is 1. The summed E-state index contributed by atoms with van der Waals surface area (Å²) in [6.45, 7) is 2.11. The van der Waals surface area contributed by atoms with Crippen molar-refractivity contribution in [3.63, 3.8) is 0 Å². The minimum atomic E-state index is -4.39. The van der Waals surface area contributed by atoms with Gasteiger partial charge < -0.3 is 10.1 Å². The summed E-state index contributed by atoms with van der Waals surface area (Å²) < 4.78 is 43.0. The molecule has 0 saturated heterocycles. The number of esters is 1. The number of ether oxygens (including phenoxy) is 1. The summed E-state index contributed by atoms with van der Waals surface area (Å²) in [5, 5.41) is 5.07. The third-order valence-corrected chi connectivity index (χ3v) is 6.38. The molecule has 3 rings (SSSR count). The molecule has 2 aromatic rings. The van der Waals surface area contributed by atoms with Crippen LogP contribution in [0.25, 0.3) is 10.6 Å². The van der Waals surface area contributed by atoms with E-state index in [2.05, 4.69) is 17.2 Å². The van der Waals surface area contributed by atoms with E-state index in [-0.39, 0.29) is 12.3 Å². The quantitative estimate of drug-likeness (QED) is 0.690. The number of thiazole rings is 1. The van der Waals surface area contributed by atoms with Gasteiger partial charge in [-0.1, -0.05) is 19.1 Å². The van der Waals surface area contributed by atoms with Crippen LogP contribution in [-0.4, -0.2) is 29.5 Å². The highest BCUT2D eigenvalue weighted by atomic mass is 32.1. The number of nitrogens with one attached hydrogen (secondary N) is 1. The summed E-state index contributed by atoms with van der Waals surface area (Å²) in [7, 11) is 1.31. The molecule has 1 aromatic heterocycles. The largest absolute Gasteiger partial charge is 0.467 e. The predicted octanol–water partition coefficient (Wildman–Crippen LogP) is 4.61. The minimum absolute atomic E-state index is 0.0224. The number of methoxy groups -OCH3 is 1. The molecule has 0 unspecified atom stereocenters. The van der Waals surface area contributed by atoms with E-state index >= 15 is 0 Å². The van der Waals surface area contributed by atoms with Crippen molar-refractivity contribution in [2.45, 2.75) is 50.7 Å². The summed E-state index contributed by atoms with van der Waals surface area (Å²) in [4.78, 5) is 29.3. The van der Waals surface area contributed by atoms with Crippen LogP contribution >= 0.6 is 11.3 Å². The summed E-state index contributed by atoms with van der Waals surface area (Å²) in [6, 6.07) is 4.74. The third-order valence-electron chi connectivity index (χ3n) is 5.44. The Labute approximate surface area is 176 Å². The predicted molar refractivity (Wildman–Crippen MR) is 107 cm³/mol. The molecular formula is C21H23F3N2O3S. The summed E-state index contributed by atoms with van der Waals surface area (Å²) in [5.74, 6) is -0.282. The molecule has 1 heterocycles. The second-order valence-corrected chi connectivity index (χ2v) is 8.56. The standard InChI is InChI=1S/C21H23F3N2O3S/c1-13-7-9-20(10-8-13,19(28)29-2)26-17(27)11-16-12-30-18(25-16)14-3-5-15(6-4-14)21(22,23)24/h3-6,12-13H,7-11H2,1-2H3,(H,26,27). The van der Waals surface area contributed by atoms with Crippen molar-refractivity contribution in [2.75, 3.05) is 7.11 Å². The van der Waals surface area contributed by atoms with E-state index in [0.717, 1.165) is 25.0 Å². The van der Waals surface area contributed by atoms with Crippen molar-refractivity contribution < 1.29 is 27.5 Å². The monoisotopic (exact) mass is 440 g/mol. The van der Waals surface area contributed by atoms with E-state index in [1.54, 1.807) is 5.38 Å². The molecule has 0 bridgehead atoms. The topological polar surface area (TPSA) is 68.3 Å². The van der Waals surface area contributed by atoms with Gasteiger partial charge in [0.05, 0.1) is 24.8 Å². The van der Waals surface area contributed by atoms with Crippen LogP contribution in [0.1, 0.15) is 43.9 Å². The van der Waals surface area contributed by atoms with Crippen molar-refractivity contribution in [1.29, 1.82) is 0 Å². The molecular weight excluding hydrogens is 417 g/mol. The molecule has 1 fully saturated rings. The van der Waals surface area contributed by atoms with Crippen molar-refractivity contribution in [1.82, 2.24) is 10.3 Å². The molecule has 1 saturated carbocycles. The molecule has 9 heteroatoms. The lowest BCUT2D eigenvalue weighted by Crippen LogP contribution is -2.57. The fourth-order valence-electron chi connectivity index (χ4n) is 3.63. The highest BCUT2D eigenvalue weighted by Crippen LogP contribution is 2.34. The normalized spacial score (nSPS) is 21.8. The molecule has 5 nitrogen and oxygen atoms in total. The van der Waals surface area contributed by atoms with Gasteiger partial charge in [-0.05, 0) is 43.7 Å². The van der Waals surface area contributed by atoms with Crippen LogP contribution in [0.2, 0.25) is 0 Å². The lowest BCUT2D eigenvalue weighted by atomic mass is 9.77. The Hall–Kier alpha value is -2.42. The number of carbonyl (C=O) groups excluding carboxylic acids is 2. The SMILES string of the molecule is COC(=O)C1(NC(=O)Cc2csc(-c3ccc(C(F)(F)F)cc3)n2)CCC(C)CC1. The summed E-state index contributed by atoms with van der Waals surface area (Å²) in [5.41, 5.74) is -0.689. The zero-order valence-electron chi connectivity index (χ0n) is 16.7. The maximum absolute atomic E-state index is 12.7. The second kappa shape index (κ2) is 8.75.